The van der Waals surface area contributed by atoms with E-state index >= 15 is 0 Å². The van der Waals surface area contributed by atoms with Crippen LogP contribution in [0.15, 0.2) is 0 Å². The highest BCUT2D eigenvalue weighted by Gasteiger charge is 2.15. The van der Waals surface area contributed by atoms with E-state index in [1.807, 2.05) is 0 Å². The largest absolute Gasteiger partial charge is 0.443 e. The number of carbonyl (C=O) groups excluding carboxylic acids is 1. The molecule has 0 fully saturated rings. The maximum Gasteiger partial charge on any atom is 0.422 e. The van der Waals surface area contributed by atoms with Crippen LogP contribution >= 0.6 is 0 Å². The van der Waals surface area contributed by atoms with Gasteiger partial charge >= 0.3 is 6.09 Å². The smallest absolute Gasteiger partial charge is 0.422 e. The van der Waals surface area contributed by atoms with Gasteiger partial charge in [-0.1, -0.05) is 0 Å². The van der Waals surface area contributed by atoms with Gasteiger partial charge in [0.05, 0.1) is 0 Å². The third-order valence-corrected chi connectivity index (χ3v) is 0.668. The van der Waals surface area contributed by atoms with E-state index in [2.05, 4.69) is 10.9 Å². The number of rotatable bonds is 2. The summed E-state index contributed by atoms with van der Waals surface area (Å²) in [7, 11) is 0. The van der Waals surface area contributed by atoms with Crippen molar-refractivity contribution in [2.45, 2.75) is 26.4 Å². The Balaban J connectivity index is 3.53. The zero-order valence-electron chi connectivity index (χ0n) is 6.97. The Hall–Kier alpha value is -0.810. The molecule has 1 amide bonds. The summed E-state index contributed by atoms with van der Waals surface area (Å²) >= 11 is 0. The molecule has 3 N–H and O–H groups in total. The van der Waals surface area contributed by atoms with Crippen LogP contribution in [-0.2, 0) is 4.74 Å². The number of hydrogen-bond acceptors (Lipinski definition) is 4. The van der Waals surface area contributed by atoms with Crippen molar-refractivity contribution in [3.8, 4) is 0 Å². The fourth-order valence-electron chi connectivity index (χ4n) is 0.415. The molecule has 0 aromatic rings. The lowest BCUT2D eigenvalue weighted by Crippen LogP contribution is -2.41. The second-order valence-electron chi connectivity index (χ2n) is 2.96. The Bertz CT molecular complexity index is 130. The van der Waals surface area contributed by atoms with E-state index in [1.54, 1.807) is 20.8 Å². The Kier molecular flexibility index (Phi) is 3.84. The van der Waals surface area contributed by atoms with Crippen molar-refractivity contribution in [1.82, 2.24) is 10.9 Å². The average Bonchev–Trinajstić information content (AvgIpc) is 1.79. The minimum absolute atomic E-state index is 0.320. The van der Waals surface area contributed by atoms with Crippen LogP contribution in [0.3, 0.4) is 0 Å². The second kappa shape index (κ2) is 4.15. The van der Waals surface area contributed by atoms with Crippen molar-refractivity contribution in [2.24, 2.45) is 0 Å². The number of carbonyl (C=O) groups is 1. The van der Waals surface area contributed by atoms with Gasteiger partial charge < -0.3 is 9.84 Å². The summed E-state index contributed by atoms with van der Waals surface area (Å²) < 4.78 is 4.82. The number of aliphatic hydroxyl groups excluding tert-OH is 1. The molecule has 66 valence electrons. The van der Waals surface area contributed by atoms with E-state index < -0.39 is 11.7 Å². The number of nitrogens with one attached hydrogen (secondary N) is 2. The SMILES string of the molecule is CC(C)(C)OC(=O)NNCO. The van der Waals surface area contributed by atoms with Gasteiger partial charge in [0.25, 0.3) is 0 Å². The molecule has 5 heteroatoms. The molecule has 5 nitrogen and oxygen atoms in total. The third-order valence-electron chi connectivity index (χ3n) is 0.668. The Labute approximate surface area is 65.7 Å². The van der Waals surface area contributed by atoms with Gasteiger partial charge in [-0.3, -0.25) is 5.43 Å². The summed E-state index contributed by atoms with van der Waals surface area (Å²) in [4.78, 5) is 10.7. The summed E-state index contributed by atoms with van der Waals surface area (Å²) in [6.45, 7) is 4.95. The molecular formula is C6H14N2O3. The first-order chi connectivity index (χ1) is 4.95. The van der Waals surface area contributed by atoms with E-state index in [1.165, 1.54) is 0 Å². The van der Waals surface area contributed by atoms with Crippen LogP contribution in [0.4, 0.5) is 4.79 Å². The topological polar surface area (TPSA) is 70.6 Å². The van der Waals surface area contributed by atoms with Crippen molar-refractivity contribution in [3.63, 3.8) is 0 Å². The normalized spacial score (nSPS) is 10.9. The molecular weight excluding hydrogens is 148 g/mol. The quantitative estimate of drug-likeness (QED) is 0.394. The summed E-state index contributed by atoms with van der Waals surface area (Å²) in [6, 6.07) is 0. The van der Waals surface area contributed by atoms with Crippen LogP contribution in [-0.4, -0.2) is 23.5 Å². The monoisotopic (exact) mass is 162 g/mol. The van der Waals surface area contributed by atoms with Crippen LogP contribution in [0.2, 0.25) is 0 Å². The highest BCUT2D eigenvalue weighted by atomic mass is 16.6. The van der Waals surface area contributed by atoms with Crippen LogP contribution in [0.25, 0.3) is 0 Å². The van der Waals surface area contributed by atoms with E-state index in [4.69, 9.17) is 9.84 Å². The fourth-order valence-corrected chi connectivity index (χ4v) is 0.415. The van der Waals surface area contributed by atoms with E-state index in [0.717, 1.165) is 0 Å². The van der Waals surface area contributed by atoms with Gasteiger partial charge in [-0.15, -0.1) is 0 Å². The predicted octanol–water partition coefficient (Wildman–Crippen LogP) is -0.0345. The summed E-state index contributed by atoms with van der Waals surface area (Å²) in [6.07, 6.45) is -0.605. The Morgan fingerprint density at radius 3 is 2.45 bits per heavy atom. The predicted molar refractivity (Wildman–Crippen MR) is 39.6 cm³/mol. The Morgan fingerprint density at radius 1 is 1.55 bits per heavy atom. The van der Waals surface area contributed by atoms with Gasteiger partial charge in [0.15, 0.2) is 0 Å². The minimum Gasteiger partial charge on any atom is -0.443 e. The first-order valence-electron chi connectivity index (χ1n) is 3.28. The molecule has 0 aromatic heterocycles. The zero-order valence-corrected chi connectivity index (χ0v) is 6.97. The molecule has 0 aliphatic rings. The maximum absolute atomic E-state index is 10.7. The summed E-state index contributed by atoms with van der Waals surface area (Å²) in [5, 5.41) is 8.23. The zero-order chi connectivity index (χ0) is 8.91. The van der Waals surface area contributed by atoms with Crippen LogP contribution < -0.4 is 10.9 Å². The lowest BCUT2D eigenvalue weighted by atomic mass is 10.2. The van der Waals surface area contributed by atoms with Gasteiger partial charge in [-0.2, -0.15) is 0 Å². The number of hydrazine groups is 1. The first-order valence-corrected chi connectivity index (χ1v) is 3.28. The highest BCUT2D eigenvalue weighted by Crippen LogP contribution is 2.05. The first kappa shape index (κ1) is 10.2. The molecule has 0 unspecified atom stereocenters. The molecule has 0 atom stereocenters. The van der Waals surface area contributed by atoms with Gasteiger partial charge in [0.2, 0.25) is 0 Å². The number of aliphatic hydroxyl groups is 1. The molecule has 0 bridgehead atoms. The minimum atomic E-state index is -0.605. The molecule has 0 saturated carbocycles. The van der Waals surface area contributed by atoms with Crippen LogP contribution in [0, 0.1) is 0 Å². The maximum atomic E-state index is 10.7. The molecule has 0 spiro atoms. The van der Waals surface area contributed by atoms with Gasteiger partial charge in [0, 0.05) is 0 Å². The van der Waals surface area contributed by atoms with Crippen molar-refractivity contribution in [3.05, 3.63) is 0 Å². The van der Waals surface area contributed by atoms with Gasteiger partial charge in [-0.05, 0) is 20.8 Å². The van der Waals surface area contributed by atoms with Gasteiger partial charge in [0.1, 0.15) is 12.3 Å². The average molecular weight is 162 g/mol. The molecule has 11 heavy (non-hydrogen) atoms. The van der Waals surface area contributed by atoms with Crippen molar-refractivity contribution in [2.75, 3.05) is 6.73 Å². The number of ether oxygens (including phenoxy) is 1. The third kappa shape index (κ3) is 7.08. The van der Waals surface area contributed by atoms with Crippen LogP contribution in [0.5, 0.6) is 0 Å². The lowest BCUT2D eigenvalue weighted by Gasteiger charge is -2.19. The highest BCUT2D eigenvalue weighted by molar-refractivity contribution is 5.66. The van der Waals surface area contributed by atoms with E-state index in [-0.39, 0.29) is 6.73 Å². The molecule has 0 heterocycles. The second-order valence-corrected chi connectivity index (χ2v) is 2.96. The summed E-state index contributed by atoms with van der Waals surface area (Å²) in [5.41, 5.74) is 3.82. The number of amides is 1. The molecule has 0 saturated heterocycles. The van der Waals surface area contributed by atoms with Gasteiger partial charge in [-0.25, -0.2) is 10.2 Å². The number of hydrogen-bond donors (Lipinski definition) is 3. The van der Waals surface area contributed by atoms with E-state index in [9.17, 15) is 4.79 Å². The van der Waals surface area contributed by atoms with Crippen molar-refractivity contribution >= 4 is 6.09 Å². The van der Waals surface area contributed by atoms with Crippen LogP contribution in [0.1, 0.15) is 20.8 Å². The molecule has 0 aliphatic heterocycles. The molecule has 0 aromatic carbocycles. The molecule has 0 radical (unpaired) electrons. The van der Waals surface area contributed by atoms with Crippen molar-refractivity contribution in [1.29, 1.82) is 0 Å². The molecule has 0 aliphatic carbocycles. The molecule has 0 rings (SSSR count). The standard InChI is InChI=1S/C6H14N2O3/c1-6(2,3)11-5(10)8-7-4-9/h7,9H,4H2,1-3H3,(H,8,10). The van der Waals surface area contributed by atoms with E-state index in [0.29, 0.717) is 0 Å². The summed E-state index contributed by atoms with van der Waals surface area (Å²) in [5.74, 6) is 0. The lowest BCUT2D eigenvalue weighted by molar-refractivity contribution is 0.0472. The van der Waals surface area contributed by atoms with Crippen molar-refractivity contribution < 1.29 is 14.6 Å². The fraction of sp³-hybridized carbons (Fsp3) is 0.833. The Morgan fingerprint density at radius 2 is 2.09 bits per heavy atom.